The Kier molecular flexibility index (Phi) is 6.24. The quantitative estimate of drug-likeness (QED) is 0.713. The SMILES string of the molecule is CN(C)c1ccc(NC(=O)C2CC2)cc1CN(Cc1ccc(F)cc1)S(C)(=O)=O. The van der Waals surface area contributed by atoms with Gasteiger partial charge in [0.05, 0.1) is 6.26 Å². The van der Waals surface area contributed by atoms with Gasteiger partial charge < -0.3 is 10.2 Å². The summed E-state index contributed by atoms with van der Waals surface area (Å²) in [4.78, 5) is 14.0. The molecule has 1 fully saturated rings. The third kappa shape index (κ3) is 5.77. The van der Waals surface area contributed by atoms with Crippen LogP contribution in [0, 0.1) is 11.7 Å². The molecular formula is C21H26FN3O3S. The van der Waals surface area contributed by atoms with Crippen LogP contribution >= 0.6 is 0 Å². The van der Waals surface area contributed by atoms with Crippen LogP contribution in [0.2, 0.25) is 0 Å². The fraction of sp³-hybridized carbons (Fsp3) is 0.381. The maximum atomic E-state index is 13.2. The molecule has 0 unspecified atom stereocenters. The van der Waals surface area contributed by atoms with Gasteiger partial charge in [-0.05, 0) is 54.3 Å². The van der Waals surface area contributed by atoms with Crippen LogP contribution in [-0.4, -0.2) is 39.0 Å². The average Bonchev–Trinajstić information content (AvgIpc) is 3.47. The molecule has 8 heteroatoms. The van der Waals surface area contributed by atoms with E-state index in [9.17, 15) is 17.6 Å². The fourth-order valence-electron chi connectivity index (χ4n) is 3.09. The van der Waals surface area contributed by atoms with Gasteiger partial charge in [0.2, 0.25) is 15.9 Å². The van der Waals surface area contributed by atoms with Gasteiger partial charge in [0.25, 0.3) is 0 Å². The van der Waals surface area contributed by atoms with Gasteiger partial charge in [0, 0.05) is 44.5 Å². The second-order valence-electron chi connectivity index (χ2n) is 7.66. The largest absolute Gasteiger partial charge is 0.377 e. The number of anilines is 2. The number of benzene rings is 2. The van der Waals surface area contributed by atoms with E-state index >= 15 is 0 Å². The van der Waals surface area contributed by atoms with E-state index in [0.29, 0.717) is 11.3 Å². The molecule has 0 spiro atoms. The summed E-state index contributed by atoms with van der Waals surface area (Å²) in [7, 11) is 0.242. The molecule has 1 N–H and O–H groups in total. The predicted molar refractivity (Wildman–Crippen MR) is 113 cm³/mol. The Hall–Kier alpha value is -2.45. The van der Waals surface area contributed by atoms with Gasteiger partial charge >= 0.3 is 0 Å². The summed E-state index contributed by atoms with van der Waals surface area (Å²) in [5.74, 6) is -0.286. The molecule has 1 amide bonds. The van der Waals surface area contributed by atoms with E-state index in [2.05, 4.69) is 5.32 Å². The topological polar surface area (TPSA) is 69.7 Å². The molecule has 0 aromatic heterocycles. The van der Waals surface area contributed by atoms with Crippen LogP contribution in [-0.2, 0) is 27.9 Å². The Labute approximate surface area is 171 Å². The van der Waals surface area contributed by atoms with E-state index < -0.39 is 10.0 Å². The van der Waals surface area contributed by atoms with E-state index in [4.69, 9.17) is 0 Å². The molecule has 1 aliphatic carbocycles. The van der Waals surface area contributed by atoms with Crippen LogP contribution in [0.1, 0.15) is 24.0 Å². The summed E-state index contributed by atoms with van der Waals surface area (Å²) in [5.41, 5.74) is 2.98. The van der Waals surface area contributed by atoms with Crippen LogP contribution < -0.4 is 10.2 Å². The first-order chi connectivity index (χ1) is 13.6. The Morgan fingerprint density at radius 2 is 1.76 bits per heavy atom. The van der Waals surface area contributed by atoms with Crippen molar-refractivity contribution in [1.29, 1.82) is 0 Å². The van der Waals surface area contributed by atoms with Crippen molar-refractivity contribution in [3.05, 3.63) is 59.4 Å². The minimum Gasteiger partial charge on any atom is -0.377 e. The minimum atomic E-state index is -3.52. The summed E-state index contributed by atoms with van der Waals surface area (Å²) in [5, 5.41) is 2.91. The molecule has 0 saturated heterocycles. The molecule has 0 aliphatic heterocycles. The van der Waals surface area contributed by atoms with Gasteiger partial charge in [-0.15, -0.1) is 0 Å². The zero-order valence-electron chi connectivity index (χ0n) is 16.9. The van der Waals surface area contributed by atoms with Crippen molar-refractivity contribution >= 4 is 27.3 Å². The second-order valence-corrected chi connectivity index (χ2v) is 9.64. The summed E-state index contributed by atoms with van der Waals surface area (Å²) in [6.45, 7) is 0.265. The van der Waals surface area contributed by atoms with E-state index in [1.165, 1.54) is 16.4 Å². The van der Waals surface area contributed by atoms with Crippen molar-refractivity contribution in [2.45, 2.75) is 25.9 Å². The number of hydrogen-bond acceptors (Lipinski definition) is 4. The van der Waals surface area contributed by atoms with E-state index in [-0.39, 0.29) is 30.7 Å². The third-order valence-electron chi connectivity index (χ3n) is 4.86. The standard InChI is InChI=1S/C21H26FN3O3S/c1-24(2)20-11-10-19(23-21(26)16-6-7-16)12-17(20)14-25(29(3,27)28)13-15-4-8-18(22)9-5-15/h4-5,8-12,16H,6-7,13-14H2,1-3H3,(H,23,26). The van der Waals surface area contributed by atoms with Crippen LogP contribution in [0.3, 0.4) is 0 Å². The van der Waals surface area contributed by atoms with E-state index in [1.807, 2.05) is 37.2 Å². The molecule has 0 bridgehead atoms. The fourth-order valence-corrected chi connectivity index (χ4v) is 3.85. The molecule has 0 atom stereocenters. The Balaban J connectivity index is 1.87. The Morgan fingerprint density at radius 1 is 1.10 bits per heavy atom. The summed E-state index contributed by atoms with van der Waals surface area (Å²) < 4.78 is 39.4. The molecule has 2 aromatic carbocycles. The monoisotopic (exact) mass is 419 g/mol. The Morgan fingerprint density at radius 3 is 2.31 bits per heavy atom. The number of sulfonamides is 1. The lowest BCUT2D eigenvalue weighted by molar-refractivity contribution is -0.117. The number of nitrogens with one attached hydrogen (secondary N) is 1. The van der Waals surface area contributed by atoms with Crippen molar-refractivity contribution in [3.63, 3.8) is 0 Å². The number of amides is 1. The van der Waals surface area contributed by atoms with Gasteiger partial charge in [-0.3, -0.25) is 4.79 Å². The molecule has 2 aromatic rings. The van der Waals surface area contributed by atoms with Crippen molar-refractivity contribution in [3.8, 4) is 0 Å². The first-order valence-corrected chi connectivity index (χ1v) is 11.3. The molecule has 29 heavy (non-hydrogen) atoms. The second kappa shape index (κ2) is 8.51. The number of halogens is 1. The van der Waals surface area contributed by atoms with Gasteiger partial charge in [-0.1, -0.05) is 12.1 Å². The van der Waals surface area contributed by atoms with Crippen LogP contribution in [0.4, 0.5) is 15.8 Å². The third-order valence-corrected chi connectivity index (χ3v) is 6.06. The molecule has 0 radical (unpaired) electrons. The number of nitrogens with zero attached hydrogens (tertiary/aromatic N) is 2. The van der Waals surface area contributed by atoms with Crippen LogP contribution in [0.15, 0.2) is 42.5 Å². The summed E-state index contributed by atoms with van der Waals surface area (Å²) >= 11 is 0. The van der Waals surface area contributed by atoms with Crippen molar-refractivity contribution in [1.82, 2.24) is 4.31 Å². The van der Waals surface area contributed by atoms with Gasteiger partial charge in [0.1, 0.15) is 5.82 Å². The van der Waals surface area contributed by atoms with Gasteiger partial charge in [-0.25, -0.2) is 12.8 Å². The summed E-state index contributed by atoms with van der Waals surface area (Å²) in [6.07, 6.45) is 2.98. The van der Waals surface area contributed by atoms with Gasteiger partial charge in [0.15, 0.2) is 0 Å². The molecule has 1 aliphatic rings. The smallest absolute Gasteiger partial charge is 0.227 e. The van der Waals surface area contributed by atoms with Gasteiger partial charge in [-0.2, -0.15) is 4.31 Å². The van der Waals surface area contributed by atoms with Crippen molar-refractivity contribution in [2.24, 2.45) is 5.92 Å². The predicted octanol–water partition coefficient (Wildman–Crippen LogP) is 3.20. The maximum Gasteiger partial charge on any atom is 0.227 e. The zero-order chi connectivity index (χ0) is 21.2. The molecule has 1 saturated carbocycles. The van der Waals surface area contributed by atoms with E-state index in [0.717, 1.165) is 30.3 Å². The molecule has 6 nitrogen and oxygen atoms in total. The highest BCUT2D eigenvalue weighted by atomic mass is 32.2. The molecule has 0 heterocycles. The highest BCUT2D eigenvalue weighted by Crippen LogP contribution is 2.31. The van der Waals surface area contributed by atoms with E-state index in [1.54, 1.807) is 12.1 Å². The highest BCUT2D eigenvalue weighted by Gasteiger charge is 2.29. The minimum absolute atomic E-state index is 0.000153. The molecular weight excluding hydrogens is 393 g/mol. The lowest BCUT2D eigenvalue weighted by Crippen LogP contribution is -2.30. The number of rotatable bonds is 8. The Bertz CT molecular complexity index is 987. The lowest BCUT2D eigenvalue weighted by Gasteiger charge is -2.24. The van der Waals surface area contributed by atoms with Crippen molar-refractivity contribution < 1.29 is 17.6 Å². The number of carbonyl (C=O) groups is 1. The molecule has 3 rings (SSSR count). The average molecular weight is 420 g/mol. The zero-order valence-corrected chi connectivity index (χ0v) is 17.7. The summed E-state index contributed by atoms with van der Waals surface area (Å²) in [6, 6.07) is 11.3. The lowest BCUT2D eigenvalue weighted by atomic mass is 10.1. The molecule has 156 valence electrons. The van der Waals surface area contributed by atoms with Crippen molar-refractivity contribution in [2.75, 3.05) is 30.6 Å². The normalized spacial score (nSPS) is 14.1. The highest BCUT2D eigenvalue weighted by molar-refractivity contribution is 7.88. The first-order valence-electron chi connectivity index (χ1n) is 9.44. The van der Waals surface area contributed by atoms with Crippen LogP contribution in [0.25, 0.3) is 0 Å². The van der Waals surface area contributed by atoms with Crippen LogP contribution in [0.5, 0.6) is 0 Å². The first kappa shape index (κ1) is 21.3. The number of hydrogen-bond donors (Lipinski definition) is 1. The number of carbonyl (C=O) groups excluding carboxylic acids is 1. The maximum absolute atomic E-state index is 13.2.